The number of hydrogen-bond acceptors (Lipinski definition) is 3. The summed E-state index contributed by atoms with van der Waals surface area (Å²) in [5, 5.41) is 3.70. The topological polar surface area (TPSA) is 24.5 Å². The zero-order chi connectivity index (χ0) is 13.5. The number of nitrogens with zero attached hydrogens (tertiary/aromatic N) is 1. The lowest BCUT2D eigenvalue weighted by Gasteiger charge is -2.17. The summed E-state index contributed by atoms with van der Waals surface area (Å²) in [6.07, 6.45) is 3.86. The number of rotatable bonds is 5. The second-order valence-corrected chi connectivity index (χ2v) is 5.56. The molecular weight excluding hydrogens is 236 g/mol. The molecule has 0 aliphatic carbocycles. The van der Waals surface area contributed by atoms with Crippen molar-refractivity contribution >= 4 is 0 Å². The minimum atomic E-state index is 0.663. The fourth-order valence-corrected chi connectivity index (χ4v) is 2.70. The Morgan fingerprint density at radius 1 is 1.26 bits per heavy atom. The Balaban J connectivity index is 1.82. The van der Waals surface area contributed by atoms with Crippen molar-refractivity contribution in [2.45, 2.75) is 38.5 Å². The molecule has 19 heavy (non-hydrogen) atoms. The van der Waals surface area contributed by atoms with Gasteiger partial charge in [-0.05, 0) is 50.5 Å². The van der Waals surface area contributed by atoms with Gasteiger partial charge in [0.15, 0.2) is 0 Å². The fraction of sp³-hybridized carbons (Fsp3) is 0.625. The van der Waals surface area contributed by atoms with Crippen molar-refractivity contribution in [2.75, 3.05) is 27.2 Å². The van der Waals surface area contributed by atoms with Crippen molar-refractivity contribution in [1.29, 1.82) is 0 Å². The Morgan fingerprint density at radius 2 is 2.11 bits per heavy atom. The van der Waals surface area contributed by atoms with Gasteiger partial charge in [-0.3, -0.25) is 0 Å². The Morgan fingerprint density at radius 3 is 2.95 bits per heavy atom. The molecule has 0 spiro atoms. The molecule has 3 heteroatoms. The largest absolute Gasteiger partial charge is 0.380 e. The zero-order valence-electron chi connectivity index (χ0n) is 12.2. The van der Waals surface area contributed by atoms with E-state index < -0.39 is 0 Å². The molecule has 2 rings (SSSR count). The van der Waals surface area contributed by atoms with E-state index in [-0.39, 0.29) is 0 Å². The van der Waals surface area contributed by atoms with Crippen LogP contribution in [0.5, 0.6) is 0 Å². The molecule has 1 fully saturated rings. The molecule has 3 nitrogen and oxygen atoms in total. The van der Waals surface area contributed by atoms with Gasteiger partial charge in [0, 0.05) is 19.7 Å². The van der Waals surface area contributed by atoms with Gasteiger partial charge in [-0.15, -0.1) is 0 Å². The summed E-state index contributed by atoms with van der Waals surface area (Å²) in [4.78, 5) is 2.43. The lowest BCUT2D eigenvalue weighted by molar-refractivity contribution is 0.185. The highest BCUT2D eigenvalue weighted by Gasteiger charge is 2.13. The third-order valence-corrected chi connectivity index (χ3v) is 3.85. The molecule has 1 aliphatic heterocycles. The molecule has 1 heterocycles. The van der Waals surface area contributed by atoms with Crippen LogP contribution in [0, 0.1) is 0 Å². The van der Waals surface area contributed by atoms with Crippen LogP contribution in [-0.2, 0) is 17.9 Å². The third kappa shape index (κ3) is 4.94. The smallest absolute Gasteiger partial charge is 0.0713 e. The van der Waals surface area contributed by atoms with E-state index in [9.17, 15) is 0 Å². The molecule has 0 aromatic heterocycles. The van der Waals surface area contributed by atoms with Crippen LogP contribution in [0.2, 0.25) is 0 Å². The average Bonchev–Trinajstić information content (AvgIpc) is 2.62. The van der Waals surface area contributed by atoms with Crippen molar-refractivity contribution < 1.29 is 4.74 Å². The van der Waals surface area contributed by atoms with E-state index in [0.29, 0.717) is 12.6 Å². The first-order chi connectivity index (χ1) is 9.28. The van der Waals surface area contributed by atoms with Gasteiger partial charge in [0.25, 0.3) is 0 Å². The van der Waals surface area contributed by atoms with E-state index >= 15 is 0 Å². The molecule has 1 N–H and O–H groups in total. The lowest BCUT2D eigenvalue weighted by atomic mass is 10.1. The van der Waals surface area contributed by atoms with E-state index in [1.165, 1.54) is 43.5 Å². The third-order valence-electron chi connectivity index (χ3n) is 3.85. The van der Waals surface area contributed by atoms with Gasteiger partial charge in [0.1, 0.15) is 0 Å². The summed E-state index contributed by atoms with van der Waals surface area (Å²) in [6, 6.07) is 9.32. The molecular formula is C16H26N2O. The van der Waals surface area contributed by atoms with Crippen LogP contribution in [-0.4, -0.2) is 38.2 Å². The monoisotopic (exact) mass is 262 g/mol. The van der Waals surface area contributed by atoms with Crippen molar-refractivity contribution in [3.05, 3.63) is 35.4 Å². The zero-order valence-corrected chi connectivity index (χ0v) is 12.2. The summed E-state index contributed by atoms with van der Waals surface area (Å²) in [5.41, 5.74) is 2.61. The maximum Gasteiger partial charge on any atom is 0.0713 e. The van der Waals surface area contributed by atoms with E-state index in [1.807, 2.05) is 0 Å². The van der Waals surface area contributed by atoms with Gasteiger partial charge in [0.2, 0.25) is 0 Å². The summed E-state index contributed by atoms with van der Waals surface area (Å²) in [6.45, 7) is 4.11. The molecule has 106 valence electrons. The molecule has 0 bridgehead atoms. The SMILES string of the molecule is COCc1cccc(CNC2CCCN(C)CC2)c1. The lowest BCUT2D eigenvalue weighted by Crippen LogP contribution is -2.29. The van der Waals surface area contributed by atoms with Crippen molar-refractivity contribution in [2.24, 2.45) is 0 Å². The molecule has 1 aromatic carbocycles. The Kier molecular flexibility index (Phi) is 5.83. The minimum Gasteiger partial charge on any atom is -0.380 e. The molecule has 1 aromatic rings. The van der Waals surface area contributed by atoms with Gasteiger partial charge < -0.3 is 15.0 Å². The van der Waals surface area contributed by atoms with Crippen LogP contribution >= 0.6 is 0 Å². The van der Waals surface area contributed by atoms with E-state index in [0.717, 1.165) is 6.54 Å². The summed E-state index contributed by atoms with van der Waals surface area (Å²) >= 11 is 0. The Labute approximate surface area is 116 Å². The van der Waals surface area contributed by atoms with Gasteiger partial charge in [-0.25, -0.2) is 0 Å². The van der Waals surface area contributed by atoms with E-state index in [4.69, 9.17) is 4.74 Å². The maximum atomic E-state index is 5.18. The van der Waals surface area contributed by atoms with Gasteiger partial charge >= 0.3 is 0 Å². The average molecular weight is 262 g/mol. The summed E-state index contributed by atoms with van der Waals surface area (Å²) in [7, 11) is 3.96. The molecule has 1 saturated heterocycles. The van der Waals surface area contributed by atoms with Gasteiger partial charge in [0.05, 0.1) is 6.61 Å². The summed E-state index contributed by atoms with van der Waals surface area (Å²) < 4.78 is 5.18. The summed E-state index contributed by atoms with van der Waals surface area (Å²) in [5.74, 6) is 0. The van der Waals surface area contributed by atoms with Crippen molar-refractivity contribution in [1.82, 2.24) is 10.2 Å². The highest BCUT2D eigenvalue weighted by Crippen LogP contribution is 2.11. The number of ether oxygens (including phenoxy) is 1. The molecule has 0 saturated carbocycles. The van der Waals surface area contributed by atoms with E-state index in [1.54, 1.807) is 7.11 Å². The second-order valence-electron chi connectivity index (χ2n) is 5.56. The first kappa shape index (κ1) is 14.5. The molecule has 1 atom stereocenters. The number of hydrogen-bond donors (Lipinski definition) is 1. The predicted octanol–water partition coefficient (Wildman–Crippen LogP) is 2.41. The van der Waals surface area contributed by atoms with Gasteiger partial charge in [-0.2, -0.15) is 0 Å². The number of likely N-dealkylation sites (tertiary alicyclic amines) is 1. The Hall–Kier alpha value is -0.900. The minimum absolute atomic E-state index is 0.663. The van der Waals surface area contributed by atoms with E-state index in [2.05, 4.69) is 41.5 Å². The number of methoxy groups -OCH3 is 1. The molecule has 0 radical (unpaired) electrons. The van der Waals surface area contributed by atoms with Crippen LogP contribution < -0.4 is 5.32 Å². The predicted molar refractivity (Wildman–Crippen MR) is 79.1 cm³/mol. The van der Waals surface area contributed by atoms with Crippen molar-refractivity contribution in [3.8, 4) is 0 Å². The normalized spacial score (nSPS) is 21.3. The van der Waals surface area contributed by atoms with Crippen LogP contribution in [0.25, 0.3) is 0 Å². The first-order valence-electron chi connectivity index (χ1n) is 7.26. The van der Waals surface area contributed by atoms with Crippen LogP contribution in [0.3, 0.4) is 0 Å². The maximum absolute atomic E-state index is 5.18. The van der Waals surface area contributed by atoms with Crippen LogP contribution in [0.1, 0.15) is 30.4 Å². The second kappa shape index (κ2) is 7.63. The standard InChI is InChI=1S/C16H26N2O/c1-18-9-4-7-16(8-10-18)17-12-14-5-3-6-15(11-14)13-19-2/h3,5-6,11,16-17H,4,7-10,12-13H2,1-2H3. The molecule has 1 unspecified atom stereocenters. The fourth-order valence-electron chi connectivity index (χ4n) is 2.70. The Bertz CT molecular complexity index is 381. The highest BCUT2D eigenvalue weighted by atomic mass is 16.5. The quantitative estimate of drug-likeness (QED) is 0.882. The number of nitrogens with one attached hydrogen (secondary N) is 1. The molecule has 0 amide bonds. The molecule has 1 aliphatic rings. The van der Waals surface area contributed by atoms with Crippen LogP contribution in [0.4, 0.5) is 0 Å². The van der Waals surface area contributed by atoms with Crippen LogP contribution in [0.15, 0.2) is 24.3 Å². The number of benzene rings is 1. The van der Waals surface area contributed by atoms with Gasteiger partial charge in [-0.1, -0.05) is 24.3 Å². The van der Waals surface area contributed by atoms with Crippen molar-refractivity contribution in [3.63, 3.8) is 0 Å². The first-order valence-corrected chi connectivity index (χ1v) is 7.26. The highest BCUT2D eigenvalue weighted by molar-refractivity contribution is 5.22.